The highest BCUT2D eigenvalue weighted by Crippen LogP contribution is 2.35. The number of rotatable bonds is 1. The van der Waals surface area contributed by atoms with Crippen LogP contribution in [0.3, 0.4) is 0 Å². The maximum atomic E-state index is 6.16. The lowest BCUT2D eigenvalue weighted by molar-refractivity contribution is 0.334. The quantitative estimate of drug-likeness (QED) is 0.816. The lowest BCUT2D eigenvalue weighted by Gasteiger charge is -2.33. The van der Waals surface area contributed by atoms with Crippen molar-refractivity contribution in [2.24, 2.45) is 0 Å². The minimum atomic E-state index is 0.137. The fourth-order valence-corrected chi connectivity index (χ4v) is 2.95. The van der Waals surface area contributed by atoms with Crippen molar-refractivity contribution in [3.63, 3.8) is 0 Å². The number of aromatic amines is 1. The maximum absolute atomic E-state index is 6.16. The van der Waals surface area contributed by atoms with Gasteiger partial charge in [-0.3, -0.25) is 5.10 Å². The molecule has 1 saturated heterocycles. The average Bonchev–Trinajstić information content (AvgIpc) is 2.76. The first-order valence-corrected chi connectivity index (χ1v) is 6.42. The van der Waals surface area contributed by atoms with Crippen LogP contribution >= 0.6 is 11.6 Å². The summed E-state index contributed by atoms with van der Waals surface area (Å²) in [5.41, 5.74) is 2.23. The van der Waals surface area contributed by atoms with Crippen LogP contribution < -0.4 is 5.32 Å². The van der Waals surface area contributed by atoms with E-state index in [1.165, 1.54) is 18.5 Å². The van der Waals surface area contributed by atoms with Crippen LogP contribution in [0, 0.1) is 0 Å². The van der Waals surface area contributed by atoms with E-state index in [2.05, 4.69) is 28.5 Å². The normalized spacial score (nSPS) is 25.3. The van der Waals surface area contributed by atoms with Gasteiger partial charge in [0.1, 0.15) is 5.52 Å². The van der Waals surface area contributed by atoms with Crippen LogP contribution in [0.2, 0.25) is 5.02 Å². The van der Waals surface area contributed by atoms with Gasteiger partial charge in [0.25, 0.3) is 0 Å². The van der Waals surface area contributed by atoms with Gasteiger partial charge in [0.05, 0.1) is 10.7 Å². The van der Waals surface area contributed by atoms with Crippen molar-refractivity contribution in [1.82, 2.24) is 15.5 Å². The van der Waals surface area contributed by atoms with Crippen LogP contribution in [-0.2, 0) is 5.41 Å². The summed E-state index contributed by atoms with van der Waals surface area (Å²) in [7, 11) is 0. The van der Waals surface area contributed by atoms with E-state index in [-0.39, 0.29) is 5.41 Å². The molecule has 1 unspecified atom stereocenters. The van der Waals surface area contributed by atoms with Gasteiger partial charge < -0.3 is 5.32 Å². The first-order valence-electron chi connectivity index (χ1n) is 6.04. The molecule has 1 atom stereocenters. The van der Waals surface area contributed by atoms with Crippen molar-refractivity contribution < 1.29 is 0 Å². The van der Waals surface area contributed by atoms with Crippen LogP contribution in [0.1, 0.15) is 25.5 Å². The van der Waals surface area contributed by atoms with E-state index in [9.17, 15) is 0 Å². The standard InChI is InChI=1S/C13H16ClN3/c1-13(6-3-7-15-8-13)12-9-4-2-5-10(14)11(9)16-17-12/h2,4-5,15H,3,6-8H2,1H3,(H,16,17). The number of halogens is 1. The second-order valence-electron chi connectivity index (χ2n) is 5.08. The molecule has 90 valence electrons. The Balaban J connectivity index is 2.14. The van der Waals surface area contributed by atoms with Crippen LogP contribution in [0.5, 0.6) is 0 Å². The summed E-state index contributed by atoms with van der Waals surface area (Å²) in [6.07, 6.45) is 2.39. The molecular weight excluding hydrogens is 234 g/mol. The Morgan fingerprint density at radius 1 is 1.41 bits per heavy atom. The highest BCUT2D eigenvalue weighted by atomic mass is 35.5. The second kappa shape index (κ2) is 4.00. The molecular formula is C13H16ClN3. The van der Waals surface area contributed by atoms with E-state index in [4.69, 9.17) is 11.6 Å². The third-order valence-corrected chi connectivity index (χ3v) is 4.04. The van der Waals surface area contributed by atoms with Gasteiger partial charge >= 0.3 is 0 Å². The number of para-hydroxylation sites is 1. The number of hydrogen-bond acceptors (Lipinski definition) is 2. The highest BCUT2D eigenvalue weighted by molar-refractivity contribution is 6.35. The largest absolute Gasteiger partial charge is 0.316 e. The molecule has 0 saturated carbocycles. The van der Waals surface area contributed by atoms with Crippen LogP contribution in [-0.4, -0.2) is 23.3 Å². The maximum Gasteiger partial charge on any atom is 0.111 e. The Hall–Kier alpha value is -1.06. The van der Waals surface area contributed by atoms with Gasteiger partial charge in [-0.25, -0.2) is 0 Å². The molecule has 0 spiro atoms. The molecule has 0 radical (unpaired) electrons. The minimum Gasteiger partial charge on any atom is -0.316 e. The van der Waals surface area contributed by atoms with Crippen LogP contribution in [0.25, 0.3) is 10.9 Å². The summed E-state index contributed by atoms with van der Waals surface area (Å²) < 4.78 is 0. The van der Waals surface area contributed by atoms with Gasteiger partial charge in [0, 0.05) is 17.3 Å². The van der Waals surface area contributed by atoms with Gasteiger partial charge in [-0.1, -0.05) is 30.7 Å². The molecule has 4 heteroatoms. The molecule has 1 aliphatic rings. The lowest BCUT2D eigenvalue weighted by atomic mass is 9.78. The Morgan fingerprint density at radius 2 is 2.29 bits per heavy atom. The lowest BCUT2D eigenvalue weighted by Crippen LogP contribution is -2.41. The summed E-state index contributed by atoms with van der Waals surface area (Å²) in [5.74, 6) is 0. The van der Waals surface area contributed by atoms with Gasteiger partial charge in [-0.2, -0.15) is 5.10 Å². The Bertz CT molecular complexity index is 541. The molecule has 17 heavy (non-hydrogen) atoms. The molecule has 1 aliphatic heterocycles. The van der Waals surface area contributed by atoms with Crippen molar-refractivity contribution in [1.29, 1.82) is 0 Å². The molecule has 0 amide bonds. The fourth-order valence-electron chi connectivity index (χ4n) is 2.73. The topological polar surface area (TPSA) is 40.7 Å². The summed E-state index contributed by atoms with van der Waals surface area (Å²) >= 11 is 6.16. The number of benzene rings is 1. The third-order valence-electron chi connectivity index (χ3n) is 3.74. The molecule has 0 aliphatic carbocycles. The molecule has 3 nitrogen and oxygen atoms in total. The van der Waals surface area contributed by atoms with Crippen molar-refractivity contribution in [3.05, 3.63) is 28.9 Å². The number of H-pyrrole nitrogens is 1. The number of nitrogens with zero attached hydrogens (tertiary/aromatic N) is 1. The minimum absolute atomic E-state index is 0.137. The van der Waals surface area contributed by atoms with E-state index in [1.807, 2.05) is 12.1 Å². The zero-order valence-electron chi connectivity index (χ0n) is 9.89. The van der Waals surface area contributed by atoms with Gasteiger partial charge in [-0.05, 0) is 25.5 Å². The molecule has 3 rings (SSSR count). The monoisotopic (exact) mass is 249 g/mol. The van der Waals surface area contributed by atoms with Crippen LogP contribution in [0.15, 0.2) is 18.2 Å². The summed E-state index contributed by atoms with van der Waals surface area (Å²) in [6, 6.07) is 5.97. The predicted octanol–water partition coefficient (Wildman–Crippen LogP) is 2.86. The first kappa shape index (κ1) is 11.1. The number of piperidine rings is 1. The molecule has 2 aromatic rings. The van der Waals surface area contributed by atoms with Crippen molar-refractivity contribution in [2.45, 2.75) is 25.2 Å². The summed E-state index contributed by atoms with van der Waals surface area (Å²) in [6.45, 7) is 4.40. The van der Waals surface area contributed by atoms with E-state index < -0.39 is 0 Å². The van der Waals surface area contributed by atoms with Gasteiger partial charge in [0.15, 0.2) is 0 Å². The van der Waals surface area contributed by atoms with Gasteiger partial charge in [0.2, 0.25) is 0 Å². The SMILES string of the molecule is CC1(c2[nH]nc3c(Cl)cccc23)CCCNC1. The smallest absolute Gasteiger partial charge is 0.111 e. The molecule has 1 aromatic heterocycles. The number of hydrogen-bond donors (Lipinski definition) is 2. The number of nitrogens with one attached hydrogen (secondary N) is 2. The summed E-state index contributed by atoms with van der Waals surface area (Å²) in [4.78, 5) is 0. The highest BCUT2D eigenvalue weighted by Gasteiger charge is 2.32. The Kier molecular flexibility index (Phi) is 2.60. The molecule has 1 fully saturated rings. The molecule has 0 bridgehead atoms. The Morgan fingerprint density at radius 3 is 3.06 bits per heavy atom. The average molecular weight is 250 g/mol. The van der Waals surface area contributed by atoms with E-state index in [0.29, 0.717) is 0 Å². The fraction of sp³-hybridized carbons (Fsp3) is 0.462. The predicted molar refractivity (Wildman–Crippen MR) is 70.6 cm³/mol. The summed E-state index contributed by atoms with van der Waals surface area (Å²) in [5, 5.41) is 12.9. The zero-order chi connectivity index (χ0) is 11.9. The zero-order valence-corrected chi connectivity index (χ0v) is 10.6. The van der Waals surface area contributed by atoms with E-state index >= 15 is 0 Å². The van der Waals surface area contributed by atoms with Crippen molar-refractivity contribution >= 4 is 22.5 Å². The second-order valence-corrected chi connectivity index (χ2v) is 5.48. The molecule has 2 N–H and O–H groups in total. The van der Waals surface area contributed by atoms with Gasteiger partial charge in [-0.15, -0.1) is 0 Å². The Labute approximate surface area is 106 Å². The van der Waals surface area contributed by atoms with Crippen molar-refractivity contribution in [3.8, 4) is 0 Å². The number of fused-ring (bicyclic) bond motifs is 1. The molecule has 2 heterocycles. The van der Waals surface area contributed by atoms with Crippen LogP contribution in [0.4, 0.5) is 0 Å². The van der Waals surface area contributed by atoms with E-state index in [1.54, 1.807) is 0 Å². The van der Waals surface area contributed by atoms with Crippen molar-refractivity contribution in [2.75, 3.05) is 13.1 Å². The number of aromatic nitrogens is 2. The van der Waals surface area contributed by atoms with E-state index in [0.717, 1.165) is 29.0 Å². The third kappa shape index (κ3) is 1.74. The first-order chi connectivity index (χ1) is 8.21. The molecule has 1 aromatic carbocycles.